The molecule has 4 atom stereocenters. The van der Waals surface area contributed by atoms with Crippen LogP contribution in [0.4, 0.5) is 4.39 Å². The summed E-state index contributed by atoms with van der Waals surface area (Å²) in [6.07, 6.45) is 5.01. The zero-order valence-electron chi connectivity index (χ0n) is 12.4. The molecule has 2 aliphatic carbocycles. The molecule has 116 valence electrons. The van der Waals surface area contributed by atoms with Crippen LogP contribution in [0.2, 0.25) is 0 Å². The van der Waals surface area contributed by atoms with Crippen molar-refractivity contribution in [2.75, 3.05) is 0 Å². The number of hydrogen-bond acceptors (Lipinski definition) is 3. The first kappa shape index (κ1) is 14.1. The van der Waals surface area contributed by atoms with E-state index in [4.69, 9.17) is 5.11 Å². The SMILES string of the molecule is CC1CC2CCCC1C2c1nc2c(F)cc(C(=O)O)cc2s1. The maximum atomic E-state index is 14.2. The lowest BCUT2D eigenvalue weighted by Gasteiger charge is -2.29. The normalized spacial score (nSPS) is 30.8. The number of benzene rings is 1. The molecule has 2 fully saturated rings. The first-order valence-electron chi connectivity index (χ1n) is 7.88. The Hall–Kier alpha value is -1.49. The topological polar surface area (TPSA) is 50.2 Å². The molecule has 0 amide bonds. The van der Waals surface area contributed by atoms with Gasteiger partial charge in [-0.25, -0.2) is 14.2 Å². The van der Waals surface area contributed by atoms with Crippen molar-refractivity contribution in [2.45, 2.75) is 38.5 Å². The Labute approximate surface area is 132 Å². The molecular formula is C17H18FNO2S. The van der Waals surface area contributed by atoms with Crippen LogP contribution in [-0.4, -0.2) is 16.1 Å². The maximum Gasteiger partial charge on any atom is 0.335 e. The number of carboxylic acids is 1. The van der Waals surface area contributed by atoms with Crippen LogP contribution in [0.25, 0.3) is 10.2 Å². The fourth-order valence-electron chi connectivity index (χ4n) is 4.54. The van der Waals surface area contributed by atoms with Gasteiger partial charge >= 0.3 is 5.97 Å². The highest BCUT2D eigenvalue weighted by Crippen LogP contribution is 2.55. The molecule has 2 bridgehead atoms. The second-order valence-corrected chi connectivity index (χ2v) is 7.82. The van der Waals surface area contributed by atoms with Crippen LogP contribution in [0.15, 0.2) is 12.1 Å². The average Bonchev–Trinajstić information content (AvgIpc) is 2.97. The smallest absolute Gasteiger partial charge is 0.335 e. The molecule has 5 heteroatoms. The van der Waals surface area contributed by atoms with E-state index < -0.39 is 11.8 Å². The minimum Gasteiger partial charge on any atom is -0.478 e. The third-order valence-electron chi connectivity index (χ3n) is 5.48. The van der Waals surface area contributed by atoms with Crippen molar-refractivity contribution in [3.8, 4) is 0 Å². The van der Waals surface area contributed by atoms with Gasteiger partial charge in [0.15, 0.2) is 5.82 Å². The van der Waals surface area contributed by atoms with Crippen molar-refractivity contribution >= 4 is 27.5 Å². The van der Waals surface area contributed by atoms with Gasteiger partial charge in [-0.2, -0.15) is 0 Å². The summed E-state index contributed by atoms with van der Waals surface area (Å²) in [5.41, 5.74) is 0.336. The fourth-order valence-corrected chi connectivity index (χ4v) is 5.83. The molecule has 22 heavy (non-hydrogen) atoms. The summed E-state index contributed by atoms with van der Waals surface area (Å²) in [4.78, 5) is 15.6. The van der Waals surface area contributed by atoms with Gasteiger partial charge in [0.05, 0.1) is 15.3 Å². The molecule has 0 radical (unpaired) electrons. The maximum absolute atomic E-state index is 14.2. The highest BCUT2D eigenvalue weighted by Gasteiger charge is 2.45. The Balaban J connectivity index is 1.80. The number of fused-ring (bicyclic) bond motifs is 3. The molecule has 4 rings (SSSR count). The number of carbonyl (C=O) groups is 1. The molecule has 4 unspecified atom stereocenters. The number of carboxylic acid groups (broad SMARTS) is 1. The predicted octanol–water partition coefficient (Wildman–Crippen LogP) is 4.67. The van der Waals surface area contributed by atoms with Gasteiger partial charge in [-0.1, -0.05) is 13.3 Å². The molecule has 1 heterocycles. The average molecular weight is 319 g/mol. The number of thiazole rings is 1. The van der Waals surface area contributed by atoms with Gasteiger partial charge in [-0.15, -0.1) is 11.3 Å². The largest absolute Gasteiger partial charge is 0.478 e. The Morgan fingerprint density at radius 3 is 2.95 bits per heavy atom. The molecule has 0 saturated heterocycles. The zero-order chi connectivity index (χ0) is 15.4. The number of nitrogens with zero attached hydrogens (tertiary/aromatic N) is 1. The van der Waals surface area contributed by atoms with Crippen molar-refractivity contribution in [3.63, 3.8) is 0 Å². The minimum atomic E-state index is -1.10. The van der Waals surface area contributed by atoms with Crippen LogP contribution in [0.5, 0.6) is 0 Å². The van der Waals surface area contributed by atoms with E-state index >= 15 is 0 Å². The third-order valence-corrected chi connectivity index (χ3v) is 6.59. The molecule has 1 N–H and O–H groups in total. The molecule has 2 aromatic rings. The number of aromatic carboxylic acids is 1. The van der Waals surface area contributed by atoms with Gasteiger partial charge < -0.3 is 5.11 Å². The van der Waals surface area contributed by atoms with Crippen LogP contribution < -0.4 is 0 Å². The van der Waals surface area contributed by atoms with E-state index in [-0.39, 0.29) is 5.56 Å². The molecule has 1 aromatic carbocycles. The summed E-state index contributed by atoms with van der Waals surface area (Å²) in [5.74, 6) is 0.853. The fraction of sp³-hybridized carbons (Fsp3) is 0.529. The summed E-state index contributed by atoms with van der Waals surface area (Å²) in [6, 6.07) is 2.63. The van der Waals surface area contributed by atoms with Crippen molar-refractivity contribution in [1.82, 2.24) is 4.98 Å². The van der Waals surface area contributed by atoms with E-state index in [1.807, 2.05) is 0 Å². The minimum absolute atomic E-state index is 0.000171. The van der Waals surface area contributed by atoms with Gasteiger partial charge in [-0.3, -0.25) is 0 Å². The van der Waals surface area contributed by atoms with E-state index in [2.05, 4.69) is 11.9 Å². The molecule has 3 nitrogen and oxygen atoms in total. The Morgan fingerprint density at radius 2 is 2.23 bits per heavy atom. The lowest BCUT2D eigenvalue weighted by Crippen LogP contribution is -2.19. The molecule has 0 spiro atoms. The molecule has 1 aromatic heterocycles. The quantitative estimate of drug-likeness (QED) is 0.875. The van der Waals surface area contributed by atoms with Crippen molar-refractivity contribution < 1.29 is 14.3 Å². The Bertz CT molecular complexity index is 756. The number of halogens is 1. The molecule has 2 saturated carbocycles. The molecular weight excluding hydrogens is 301 g/mol. The lowest BCUT2D eigenvalue weighted by atomic mass is 9.78. The highest BCUT2D eigenvalue weighted by atomic mass is 32.1. The summed E-state index contributed by atoms with van der Waals surface area (Å²) < 4.78 is 14.8. The van der Waals surface area contributed by atoms with E-state index in [0.717, 1.165) is 11.1 Å². The van der Waals surface area contributed by atoms with E-state index in [1.165, 1.54) is 37.0 Å². The second kappa shape index (κ2) is 5.01. The lowest BCUT2D eigenvalue weighted by molar-refractivity contribution is 0.0696. The molecule has 2 aliphatic rings. The van der Waals surface area contributed by atoms with E-state index in [0.29, 0.717) is 33.9 Å². The first-order valence-corrected chi connectivity index (χ1v) is 8.69. The standard InChI is InChI=1S/C17H18FNO2S/c1-8-5-9-3-2-4-11(8)14(9)16-19-15-12(18)6-10(17(20)21)7-13(15)22-16/h6-9,11,14H,2-5H2,1H3,(H,20,21). The third kappa shape index (κ3) is 2.06. The van der Waals surface area contributed by atoms with Crippen molar-refractivity contribution in [3.05, 3.63) is 28.5 Å². The van der Waals surface area contributed by atoms with Gasteiger partial charge in [0.25, 0.3) is 0 Å². The van der Waals surface area contributed by atoms with Gasteiger partial charge in [0, 0.05) is 5.92 Å². The number of rotatable bonds is 2. The summed E-state index contributed by atoms with van der Waals surface area (Å²) in [7, 11) is 0. The zero-order valence-corrected chi connectivity index (χ0v) is 13.2. The van der Waals surface area contributed by atoms with Crippen LogP contribution in [-0.2, 0) is 0 Å². The van der Waals surface area contributed by atoms with Crippen molar-refractivity contribution in [1.29, 1.82) is 0 Å². The van der Waals surface area contributed by atoms with Crippen molar-refractivity contribution in [2.24, 2.45) is 17.8 Å². The summed E-state index contributed by atoms with van der Waals surface area (Å²) in [6.45, 7) is 2.32. The first-order chi connectivity index (χ1) is 10.5. The van der Waals surface area contributed by atoms with E-state index in [9.17, 15) is 9.18 Å². The van der Waals surface area contributed by atoms with Crippen LogP contribution >= 0.6 is 11.3 Å². The van der Waals surface area contributed by atoms with Gasteiger partial charge in [-0.05, 0) is 49.1 Å². The summed E-state index contributed by atoms with van der Waals surface area (Å²) >= 11 is 1.48. The highest BCUT2D eigenvalue weighted by molar-refractivity contribution is 7.18. The Kier molecular flexibility index (Phi) is 3.22. The summed E-state index contributed by atoms with van der Waals surface area (Å²) in [5, 5.41) is 10.1. The number of aromatic nitrogens is 1. The molecule has 0 aliphatic heterocycles. The second-order valence-electron chi connectivity index (χ2n) is 6.76. The van der Waals surface area contributed by atoms with Gasteiger partial charge in [0.2, 0.25) is 0 Å². The van der Waals surface area contributed by atoms with E-state index in [1.54, 1.807) is 6.07 Å². The monoisotopic (exact) mass is 319 g/mol. The predicted molar refractivity (Wildman–Crippen MR) is 83.9 cm³/mol. The van der Waals surface area contributed by atoms with Crippen LogP contribution in [0.1, 0.15) is 53.9 Å². The van der Waals surface area contributed by atoms with Crippen LogP contribution in [0.3, 0.4) is 0 Å². The Morgan fingerprint density at radius 1 is 1.41 bits per heavy atom. The van der Waals surface area contributed by atoms with Gasteiger partial charge in [0.1, 0.15) is 5.52 Å². The number of hydrogen-bond donors (Lipinski definition) is 1. The van der Waals surface area contributed by atoms with Crippen LogP contribution in [0, 0.1) is 23.6 Å².